The normalized spacial score (nSPS) is 11.5. The number of anilines is 1. The average Bonchev–Trinajstić information content (AvgIpc) is 2.78. The molecule has 0 saturated carbocycles. The zero-order valence-corrected chi connectivity index (χ0v) is 12.2. The molecule has 0 aliphatic rings. The van der Waals surface area contributed by atoms with Gasteiger partial charge in [-0.1, -0.05) is 22.0 Å². The number of sulfonamides is 1. The van der Waals surface area contributed by atoms with Gasteiger partial charge in [0.05, 0.1) is 19.3 Å². The second-order valence-corrected chi connectivity index (χ2v) is 6.38. The van der Waals surface area contributed by atoms with Gasteiger partial charge >= 0.3 is 0 Å². The number of halogens is 1. The topological polar surface area (TPSA) is 84.2 Å². The molecule has 0 saturated heterocycles. The highest BCUT2D eigenvalue weighted by Gasteiger charge is 2.16. The van der Waals surface area contributed by atoms with Crippen molar-refractivity contribution in [1.82, 2.24) is 9.78 Å². The van der Waals surface area contributed by atoms with Crippen LogP contribution in [0.15, 0.2) is 46.0 Å². The summed E-state index contributed by atoms with van der Waals surface area (Å²) in [5.74, 6) is 0. The quantitative estimate of drug-likeness (QED) is 0.858. The number of aliphatic hydroxyl groups excluding tert-OH is 1. The fourth-order valence-corrected chi connectivity index (χ4v) is 2.87. The summed E-state index contributed by atoms with van der Waals surface area (Å²) in [5, 5.41) is 12.6. The summed E-state index contributed by atoms with van der Waals surface area (Å²) in [6, 6.07) is 6.85. The van der Waals surface area contributed by atoms with E-state index in [4.69, 9.17) is 5.11 Å². The van der Waals surface area contributed by atoms with Crippen LogP contribution in [-0.2, 0) is 16.6 Å². The fourth-order valence-electron chi connectivity index (χ4n) is 1.47. The molecular formula is C11H12BrN3O3S. The summed E-state index contributed by atoms with van der Waals surface area (Å²) >= 11 is 3.27. The number of hydrogen-bond acceptors (Lipinski definition) is 4. The minimum Gasteiger partial charge on any atom is -0.394 e. The van der Waals surface area contributed by atoms with Crippen molar-refractivity contribution >= 4 is 31.6 Å². The summed E-state index contributed by atoms with van der Waals surface area (Å²) in [6.07, 6.45) is 2.62. The van der Waals surface area contributed by atoms with Crippen LogP contribution in [0, 0.1) is 0 Å². The Kier molecular flexibility index (Phi) is 4.23. The molecule has 0 aliphatic heterocycles. The third kappa shape index (κ3) is 3.55. The van der Waals surface area contributed by atoms with Crippen LogP contribution in [-0.4, -0.2) is 29.9 Å². The zero-order valence-electron chi connectivity index (χ0n) is 9.82. The Labute approximate surface area is 119 Å². The van der Waals surface area contributed by atoms with Gasteiger partial charge in [0.15, 0.2) is 0 Å². The molecule has 2 rings (SSSR count). The zero-order chi connectivity index (χ0) is 13.9. The number of nitrogens with one attached hydrogen (secondary N) is 1. The average molecular weight is 346 g/mol. The molecule has 0 fully saturated rings. The predicted octanol–water partition coefficient (Wildman–Crippen LogP) is 1.44. The second kappa shape index (κ2) is 5.72. The van der Waals surface area contributed by atoms with Crippen LogP contribution in [0.5, 0.6) is 0 Å². The Morgan fingerprint density at radius 1 is 1.42 bits per heavy atom. The summed E-state index contributed by atoms with van der Waals surface area (Å²) in [6.45, 7) is 0.159. The molecule has 0 amide bonds. The van der Waals surface area contributed by atoms with Gasteiger partial charge in [-0.25, -0.2) is 8.42 Å². The number of aliphatic hydroxyl groups is 1. The lowest BCUT2D eigenvalue weighted by Crippen LogP contribution is -2.12. The minimum absolute atomic E-state index is 0.0564. The lowest BCUT2D eigenvalue weighted by Gasteiger charge is -2.06. The lowest BCUT2D eigenvalue weighted by molar-refractivity contribution is 0.269. The first-order valence-corrected chi connectivity index (χ1v) is 7.70. The Bertz CT molecular complexity index is 669. The number of rotatable bonds is 5. The van der Waals surface area contributed by atoms with Crippen LogP contribution in [0.3, 0.4) is 0 Å². The van der Waals surface area contributed by atoms with Crippen molar-refractivity contribution in [3.05, 3.63) is 41.1 Å². The highest BCUT2D eigenvalue weighted by molar-refractivity contribution is 9.10. The van der Waals surface area contributed by atoms with Crippen LogP contribution in [0.2, 0.25) is 0 Å². The van der Waals surface area contributed by atoms with E-state index in [1.54, 1.807) is 24.3 Å². The number of benzene rings is 1. The van der Waals surface area contributed by atoms with Gasteiger partial charge in [0.25, 0.3) is 10.0 Å². The molecule has 0 bridgehead atoms. The molecule has 102 valence electrons. The van der Waals surface area contributed by atoms with E-state index in [1.165, 1.54) is 17.1 Å². The highest BCUT2D eigenvalue weighted by atomic mass is 79.9. The third-order valence-corrected chi connectivity index (χ3v) is 4.15. The standard InChI is InChI=1S/C11H12BrN3O3S/c12-9-2-1-3-10(6-9)14-19(17,18)11-7-13-15(8-11)4-5-16/h1-3,6-8,14,16H,4-5H2. The second-order valence-electron chi connectivity index (χ2n) is 3.78. The number of nitrogens with zero attached hydrogens (tertiary/aromatic N) is 2. The molecule has 0 radical (unpaired) electrons. The largest absolute Gasteiger partial charge is 0.394 e. The van der Waals surface area contributed by atoms with Crippen molar-refractivity contribution in [1.29, 1.82) is 0 Å². The molecule has 1 heterocycles. The van der Waals surface area contributed by atoms with Crippen LogP contribution in [0.1, 0.15) is 0 Å². The predicted molar refractivity (Wildman–Crippen MR) is 74.3 cm³/mol. The van der Waals surface area contributed by atoms with Crippen molar-refractivity contribution in [3.8, 4) is 0 Å². The molecule has 8 heteroatoms. The van der Waals surface area contributed by atoms with Crippen molar-refractivity contribution in [2.24, 2.45) is 0 Å². The number of aromatic nitrogens is 2. The SMILES string of the molecule is O=S(=O)(Nc1cccc(Br)c1)c1cnn(CCO)c1. The minimum atomic E-state index is -3.66. The van der Waals surface area contributed by atoms with Crippen LogP contribution in [0.4, 0.5) is 5.69 Å². The molecule has 1 aromatic carbocycles. The molecule has 6 nitrogen and oxygen atoms in total. The molecule has 19 heavy (non-hydrogen) atoms. The first-order chi connectivity index (χ1) is 9.01. The van der Waals surface area contributed by atoms with Crippen LogP contribution in [0.25, 0.3) is 0 Å². The third-order valence-electron chi connectivity index (χ3n) is 2.33. The smallest absolute Gasteiger partial charge is 0.265 e. The summed E-state index contributed by atoms with van der Waals surface area (Å²) in [4.78, 5) is 0.0564. The van der Waals surface area contributed by atoms with Crippen molar-refractivity contribution in [2.75, 3.05) is 11.3 Å². The van der Waals surface area contributed by atoms with Crippen LogP contribution < -0.4 is 4.72 Å². The van der Waals surface area contributed by atoms with E-state index in [-0.39, 0.29) is 18.0 Å². The Morgan fingerprint density at radius 2 is 2.21 bits per heavy atom. The summed E-state index contributed by atoms with van der Waals surface area (Å²) < 4.78 is 28.8. The van der Waals surface area contributed by atoms with E-state index in [0.29, 0.717) is 5.69 Å². The molecule has 2 aromatic rings. The van der Waals surface area contributed by atoms with E-state index in [9.17, 15) is 8.42 Å². The van der Waals surface area contributed by atoms with Gasteiger partial charge < -0.3 is 5.11 Å². The van der Waals surface area contributed by atoms with Gasteiger partial charge in [0, 0.05) is 16.4 Å². The lowest BCUT2D eigenvalue weighted by atomic mass is 10.3. The molecular weight excluding hydrogens is 334 g/mol. The van der Waals surface area contributed by atoms with Crippen molar-refractivity contribution in [2.45, 2.75) is 11.4 Å². The maximum absolute atomic E-state index is 12.1. The Balaban J connectivity index is 2.22. The maximum atomic E-state index is 12.1. The van der Waals surface area contributed by atoms with E-state index in [0.717, 1.165) is 4.47 Å². The van der Waals surface area contributed by atoms with E-state index < -0.39 is 10.0 Å². The van der Waals surface area contributed by atoms with Gasteiger partial charge in [0.1, 0.15) is 4.90 Å². The molecule has 2 N–H and O–H groups in total. The molecule has 0 unspecified atom stereocenters. The molecule has 0 atom stereocenters. The van der Waals surface area contributed by atoms with Gasteiger partial charge in [-0.05, 0) is 18.2 Å². The molecule has 0 spiro atoms. The van der Waals surface area contributed by atoms with Gasteiger partial charge in [-0.3, -0.25) is 9.40 Å². The Morgan fingerprint density at radius 3 is 2.89 bits per heavy atom. The van der Waals surface area contributed by atoms with Gasteiger partial charge in [0.2, 0.25) is 0 Å². The van der Waals surface area contributed by atoms with E-state index >= 15 is 0 Å². The fraction of sp³-hybridized carbons (Fsp3) is 0.182. The van der Waals surface area contributed by atoms with Crippen molar-refractivity contribution in [3.63, 3.8) is 0 Å². The molecule has 1 aromatic heterocycles. The highest BCUT2D eigenvalue weighted by Crippen LogP contribution is 2.19. The summed E-state index contributed by atoms with van der Waals surface area (Å²) in [7, 11) is -3.66. The number of hydrogen-bond donors (Lipinski definition) is 2. The molecule has 0 aliphatic carbocycles. The van der Waals surface area contributed by atoms with Gasteiger partial charge in [-0.2, -0.15) is 5.10 Å². The van der Waals surface area contributed by atoms with E-state index in [1.807, 2.05) is 0 Å². The Hall–Kier alpha value is -1.38. The van der Waals surface area contributed by atoms with Crippen LogP contribution >= 0.6 is 15.9 Å². The van der Waals surface area contributed by atoms with Crippen molar-refractivity contribution < 1.29 is 13.5 Å². The summed E-state index contributed by atoms with van der Waals surface area (Å²) in [5.41, 5.74) is 0.462. The monoisotopic (exact) mass is 345 g/mol. The first kappa shape index (κ1) is 14.0. The first-order valence-electron chi connectivity index (χ1n) is 5.43. The maximum Gasteiger partial charge on any atom is 0.265 e. The van der Waals surface area contributed by atoms with E-state index in [2.05, 4.69) is 25.8 Å². The van der Waals surface area contributed by atoms with Gasteiger partial charge in [-0.15, -0.1) is 0 Å².